The minimum atomic E-state index is -5.46. The summed E-state index contributed by atoms with van der Waals surface area (Å²) in [5.41, 5.74) is -8.15. The van der Waals surface area contributed by atoms with E-state index in [-0.39, 0.29) is 42.5 Å². The van der Waals surface area contributed by atoms with E-state index in [1.165, 1.54) is 7.05 Å². The molecule has 1 aromatic heterocycles. The molecule has 1 saturated heterocycles. The first-order valence-corrected chi connectivity index (χ1v) is 12.8. The highest BCUT2D eigenvalue weighted by Crippen LogP contribution is 2.41. The first-order valence-electron chi connectivity index (χ1n) is 15.8. The molecule has 0 radical (unpaired) electrons. The van der Waals surface area contributed by atoms with Crippen molar-refractivity contribution in [1.29, 1.82) is 0 Å². The fraction of sp³-hybridized carbons (Fsp3) is 0.400. The normalized spacial score (nSPS) is 18.7. The summed E-state index contributed by atoms with van der Waals surface area (Å²) in [5.74, 6) is -1.44. The van der Waals surface area contributed by atoms with E-state index in [0.717, 1.165) is 13.2 Å². The van der Waals surface area contributed by atoms with E-state index in [1.807, 2.05) is 4.90 Å². The zero-order valence-electron chi connectivity index (χ0n) is 28.9. The van der Waals surface area contributed by atoms with Gasteiger partial charge in [0.05, 0.1) is 61.7 Å². The van der Waals surface area contributed by atoms with E-state index in [2.05, 4.69) is 4.98 Å². The maximum absolute atomic E-state index is 14.5. The number of aromatic nitrogens is 1. The average molecular weight is 601 g/mol. The van der Waals surface area contributed by atoms with Crippen molar-refractivity contribution >= 4 is 17.4 Å². The first kappa shape index (κ1) is 23.9. The maximum atomic E-state index is 14.5. The Morgan fingerprint density at radius 3 is 2.02 bits per heavy atom. The van der Waals surface area contributed by atoms with Gasteiger partial charge < -0.3 is 19.7 Å². The van der Waals surface area contributed by atoms with E-state index in [9.17, 15) is 36.3 Å². The van der Waals surface area contributed by atoms with Gasteiger partial charge in [-0.15, -0.1) is 0 Å². The number of halogens is 6. The monoisotopic (exact) mass is 600 g/mol. The number of hydroxylamine groups is 3. The van der Waals surface area contributed by atoms with Crippen LogP contribution in [0.3, 0.4) is 0 Å². The van der Waals surface area contributed by atoms with Crippen molar-refractivity contribution < 1.29 is 44.0 Å². The summed E-state index contributed by atoms with van der Waals surface area (Å²) in [7, 11) is 2.50. The van der Waals surface area contributed by atoms with Gasteiger partial charge in [0.25, 0.3) is 0 Å². The number of anilines is 2. The van der Waals surface area contributed by atoms with Crippen molar-refractivity contribution in [2.75, 3.05) is 50.1 Å². The van der Waals surface area contributed by atoms with Crippen LogP contribution in [-0.4, -0.2) is 55.8 Å². The highest BCUT2D eigenvalue weighted by molar-refractivity contribution is 6.03. The largest absolute Gasteiger partial charge is 0.633 e. The number of hydrogen-bond acceptors (Lipinski definition) is 4. The lowest BCUT2D eigenvalue weighted by Gasteiger charge is -2.45. The molecular weight excluding hydrogens is 562 g/mol. The van der Waals surface area contributed by atoms with Crippen LogP contribution in [-0.2, 0) is 22.6 Å². The van der Waals surface area contributed by atoms with Crippen LogP contribution in [0.1, 0.15) is 44.2 Å². The van der Waals surface area contributed by atoms with Crippen molar-refractivity contribution in [3.05, 3.63) is 82.2 Å². The fourth-order valence-electron chi connectivity index (χ4n) is 4.74. The van der Waals surface area contributed by atoms with Crippen LogP contribution in [0.5, 0.6) is 0 Å². The number of carbonyl (C=O) groups excluding carboxylic acids is 1. The number of aryl methyl sites for hydroxylation is 1. The SMILES string of the molecule is [2H]C([2H])([2H])C(C(=O)N(C)c1cnc(N2CC[N+](C)([O-])CC2)cc1-c1ccccc1C)(c1cc(C(F)(F)F)cc(C(F)(F)F)c1)C([2H])([2H])[2H]. The van der Waals surface area contributed by atoms with Gasteiger partial charge in [-0.1, -0.05) is 24.3 Å². The Kier molecular flexibility index (Phi) is 6.19. The number of alkyl halides is 6. The van der Waals surface area contributed by atoms with Gasteiger partial charge >= 0.3 is 12.4 Å². The summed E-state index contributed by atoms with van der Waals surface area (Å²) in [6, 6.07) is 7.93. The number of amides is 1. The number of benzene rings is 2. The standard InChI is InChI=1S/C30H32F6N4O2/c1-19-8-6-7-9-23(19)24-17-26(39-10-12-40(5,42)13-11-39)37-18-25(24)38(4)27(41)28(2,3)20-14-21(29(31,32)33)16-22(15-20)30(34,35)36/h6-9,14-18H,10-13H2,1-5H3/i2D3,3D3. The van der Waals surface area contributed by atoms with Crippen LogP contribution in [0.2, 0.25) is 0 Å². The molecule has 6 nitrogen and oxygen atoms in total. The first-order chi connectivity index (χ1) is 21.8. The minimum absolute atomic E-state index is 0.0397. The molecule has 0 unspecified atom stereocenters. The second kappa shape index (κ2) is 10.9. The molecule has 4 rings (SSSR count). The van der Waals surface area contributed by atoms with Gasteiger partial charge in [-0.2, -0.15) is 26.3 Å². The summed E-state index contributed by atoms with van der Waals surface area (Å²) >= 11 is 0. The van der Waals surface area contributed by atoms with Gasteiger partial charge in [0.15, 0.2) is 0 Å². The second-order valence-corrected chi connectivity index (χ2v) is 10.5. The van der Waals surface area contributed by atoms with Gasteiger partial charge in [0.2, 0.25) is 5.91 Å². The number of piperazine rings is 1. The number of carbonyl (C=O) groups is 1. The predicted octanol–water partition coefficient (Wildman–Crippen LogP) is 6.80. The molecule has 0 N–H and O–H groups in total. The number of quaternary nitrogens is 1. The molecule has 42 heavy (non-hydrogen) atoms. The summed E-state index contributed by atoms with van der Waals surface area (Å²) in [4.78, 5) is 21.3. The highest BCUT2D eigenvalue weighted by atomic mass is 19.4. The van der Waals surface area contributed by atoms with Crippen LogP contribution in [0.25, 0.3) is 11.1 Å². The summed E-state index contributed by atoms with van der Waals surface area (Å²) in [5, 5.41) is 12.4. The van der Waals surface area contributed by atoms with Crippen LogP contribution in [0.4, 0.5) is 37.8 Å². The summed E-state index contributed by atoms with van der Waals surface area (Å²) in [6.45, 7) is -5.18. The molecule has 1 aliphatic rings. The molecule has 2 heterocycles. The van der Waals surface area contributed by atoms with E-state index < -0.39 is 58.7 Å². The average Bonchev–Trinajstić information content (AvgIpc) is 2.94. The highest BCUT2D eigenvalue weighted by Gasteiger charge is 2.41. The van der Waals surface area contributed by atoms with Gasteiger partial charge in [-0.3, -0.25) is 4.79 Å². The van der Waals surface area contributed by atoms with E-state index in [1.54, 1.807) is 37.3 Å². The summed E-state index contributed by atoms with van der Waals surface area (Å²) in [6.07, 6.45) is -9.78. The molecule has 0 bridgehead atoms. The Hall–Kier alpha value is -3.64. The molecule has 0 atom stereocenters. The Morgan fingerprint density at radius 2 is 1.50 bits per heavy atom. The zero-order valence-corrected chi connectivity index (χ0v) is 22.9. The van der Waals surface area contributed by atoms with Crippen molar-refractivity contribution in [1.82, 2.24) is 4.98 Å². The number of nitrogens with zero attached hydrogens (tertiary/aromatic N) is 4. The van der Waals surface area contributed by atoms with Crippen LogP contribution in [0, 0.1) is 12.1 Å². The lowest BCUT2D eigenvalue weighted by molar-refractivity contribution is -0.861. The lowest BCUT2D eigenvalue weighted by atomic mass is 9.81. The molecule has 3 aromatic rings. The number of pyridine rings is 1. The van der Waals surface area contributed by atoms with Crippen molar-refractivity contribution in [2.24, 2.45) is 0 Å². The Morgan fingerprint density at radius 1 is 0.952 bits per heavy atom. The molecule has 12 heteroatoms. The number of likely N-dealkylation sites (N-methyl/N-ethyl adjacent to an activating group) is 2. The fourth-order valence-corrected chi connectivity index (χ4v) is 4.74. The number of rotatable bonds is 5. The molecular formula is C30H32F6N4O2. The Labute approximate surface area is 248 Å². The predicted molar refractivity (Wildman–Crippen MR) is 149 cm³/mol. The molecule has 0 saturated carbocycles. The van der Waals surface area contributed by atoms with Crippen LogP contribution in [0.15, 0.2) is 54.7 Å². The third-order valence-corrected chi connectivity index (χ3v) is 7.32. The third kappa shape index (κ3) is 6.39. The van der Waals surface area contributed by atoms with Crippen molar-refractivity contribution in [3.8, 4) is 11.1 Å². The van der Waals surface area contributed by atoms with Crippen molar-refractivity contribution in [2.45, 2.75) is 38.4 Å². The quantitative estimate of drug-likeness (QED) is 0.184. The van der Waals surface area contributed by atoms with E-state index in [4.69, 9.17) is 8.22 Å². The third-order valence-electron chi connectivity index (χ3n) is 7.32. The Bertz CT molecular complexity index is 1640. The summed E-state index contributed by atoms with van der Waals surface area (Å²) < 4.78 is 132. The van der Waals surface area contributed by atoms with Gasteiger partial charge in [-0.25, -0.2) is 4.98 Å². The van der Waals surface area contributed by atoms with E-state index in [0.29, 0.717) is 34.9 Å². The molecule has 0 aliphatic carbocycles. The number of hydrogen-bond donors (Lipinski definition) is 0. The molecule has 1 aliphatic heterocycles. The zero-order chi connectivity index (χ0) is 36.3. The topological polar surface area (TPSA) is 59.5 Å². The molecule has 2 aromatic carbocycles. The van der Waals surface area contributed by atoms with Gasteiger partial charge in [0, 0.05) is 20.8 Å². The second-order valence-electron chi connectivity index (χ2n) is 10.5. The molecule has 1 amide bonds. The van der Waals surface area contributed by atoms with Crippen LogP contribution < -0.4 is 9.80 Å². The van der Waals surface area contributed by atoms with Gasteiger partial charge in [-0.05, 0) is 61.6 Å². The van der Waals surface area contributed by atoms with Crippen molar-refractivity contribution in [3.63, 3.8) is 0 Å². The van der Waals surface area contributed by atoms with Crippen LogP contribution >= 0.6 is 0 Å². The molecule has 1 fully saturated rings. The van der Waals surface area contributed by atoms with Gasteiger partial charge in [0.1, 0.15) is 5.82 Å². The minimum Gasteiger partial charge on any atom is -0.633 e. The maximum Gasteiger partial charge on any atom is 0.416 e. The smallest absolute Gasteiger partial charge is 0.416 e. The molecule has 226 valence electrons. The Balaban J connectivity index is 2.00. The lowest BCUT2D eigenvalue weighted by Crippen LogP contribution is -2.54. The molecule has 0 spiro atoms. The van der Waals surface area contributed by atoms with E-state index >= 15 is 0 Å².